The lowest BCUT2D eigenvalue weighted by Crippen LogP contribution is -2.39. The first-order valence-corrected chi connectivity index (χ1v) is 9.15. The molecule has 2 N–H and O–H groups in total. The van der Waals surface area contributed by atoms with Crippen molar-refractivity contribution in [3.05, 3.63) is 0 Å². The van der Waals surface area contributed by atoms with Gasteiger partial charge in [-0.25, -0.2) is 13.1 Å². The second-order valence-electron chi connectivity index (χ2n) is 4.98. The summed E-state index contributed by atoms with van der Waals surface area (Å²) < 4.78 is 26.6. The molecular formula is C11H22N2O2S2. The molecule has 2 heterocycles. The molecule has 2 aliphatic rings. The summed E-state index contributed by atoms with van der Waals surface area (Å²) in [5.74, 6) is 1.76. The number of hydrogen-bond acceptors (Lipinski definition) is 4. The first kappa shape index (κ1) is 13.6. The van der Waals surface area contributed by atoms with E-state index in [1.54, 1.807) is 0 Å². The molecule has 0 aliphatic carbocycles. The smallest absolute Gasteiger partial charge is 0.211 e. The molecule has 0 bridgehead atoms. The van der Waals surface area contributed by atoms with E-state index in [-0.39, 0.29) is 11.7 Å². The predicted molar refractivity (Wildman–Crippen MR) is 72.9 cm³/mol. The highest BCUT2D eigenvalue weighted by Gasteiger charge is 2.23. The number of sulfonamides is 1. The van der Waals surface area contributed by atoms with Gasteiger partial charge in [0.05, 0.1) is 5.75 Å². The molecule has 100 valence electrons. The zero-order valence-electron chi connectivity index (χ0n) is 10.2. The number of nitrogens with one attached hydrogen (secondary N) is 2. The second-order valence-corrected chi connectivity index (χ2v) is 8.24. The van der Waals surface area contributed by atoms with Crippen molar-refractivity contribution in [1.82, 2.24) is 10.0 Å². The molecule has 2 saturated heterocycles. The highest BCUT2D eigenvalue weighted by Crippen LogP contribution is 2.25. The minimum Gasteiger partial charge on any atom is -0.316 e. The molecule has 0 radical (unpaired) electrons. The number of piperidine rings is 1. The molecule has 17 heavy (non-hydrogen) atoms. The monoisotopic (exact) mass is 278 g/mol. The standard InChI is InChI=1S/C11H22N2O2S2/c14-17(15,9-10-3-1-5-12-7-10)13-8-11-4-2-6-16-11/h10-13H,1-9H2. The van der Waals surface area contributed by atoms with Gasteiger partial charge < -0.3 is 5.32 Å². The number of hydrogen-bond donors (Lipinski definition) is 2. The van der Waals surface area contributed by atoms with Gasteiger partial charge in [-0.2, -0.15) is 11.8 Å². The van der Waals surface area contributed by atoms with Crippen LogP contribution in [0.1, 0.15) is 25.7 Å². The van der Waals surface area contributed by atoms with Gasteiger partial charge in [-0.1, -0.05) is 0 Å². The maximum atomic E-state index is 11.9. The fraction of sp³-hybridized carbons (Fsp3) is 1.00. The van der Waals surface area contributed by atoms with Crippen LogP contribution in [0.25, 0.3) is 0 Å². The van der Waals surface area contributed by atoms with E-state index < -0.39 is 10.0 Å². The van der Waals surface area contributed by atoms with E-state index in [4.69, 9.17) is 0 Å². The van der Waals surface area contributed by atoms with E-state index in [9.17, 15) is 8.42 Å². The largest absolute Gasteiger partial charge is 0.316 e. The summed E-state index contributed by atoms with van der Waals surface area (Å²) in [4.78, 5) is 0. The number of thioether (sulfide) groups is 1. The Morgan fingerprint density at radius 3 is 2.82 bits per heavy atom. The van der Waals surface area contributed by atoms with Gasteiger partial charge >= 0.3 is 0 Å². The molecular weight excluding hydrogens is 256 g/mol. The van der Waals surface area contributed by atoms with Gasteiger partial charge in [-0.05, 0) is 50.4 Å². The Labute approximate surface area is 108 Å². The Kier molecular flexibility index (Phi) is 5.14. The third kappa shape index (κ3) is 4.77. The molecule has 2 unspecified atom stereocenters. The van der Waals surface area contributed by atoms with Crippen LogP contribution in [-0.4, -0.2) is 44.8 Å². The Morgan fingerprint density at radius 2 is 2.18 bits per heavy atom. The van der Waals surface area contributed by atoms with E-state index in [1.165, 1.54) is 12.2 Å². The molecule has 4 nitrogen and oxygen atoms in total. The van der Waals surface area contributed by atoms with Crippen LogP contribution < -0.4 is 10.0 Å². The van der Waals surface area contributed by atoms with Crippen LogP contribution in [0.15, 0.2) is 0 Å². The van der Waals surface area contributed by atoms with Gasteiger partial charge in [0.1, 0.15) is 0 Å². The minimum absolute atomic E-state index is 0.289. The van der Waals surface area contributed by atoms with Crippen molar-refractivity contribution in [2.24, 2.45) is 5.92 Å². The summed E-state index contributed by atoms with van der Waals surface area (Å²) in [7, 11) is -3.07. The van der Waals surface area contributed by atoms with Crippen molar-refractivity contribution in [2.75, 3.05) is 31.1 Å². The molecule has 2 atom stereocenters. The lowest BCUT2D eigenvalue weighted by molar-refractivity contribution is 0.402. The van der Waals surface area contributed by atoms with E-state index in [0.29, 0.717) is 11.8 Å². The summed E-state index contributed by atoms with van der Waals surface area (Å²) in [5.41, 5.74) is 0. The Bertz CT molecular complexity index is 320. The van der Waals surface area contributed by atoms with Crippen LogP contribution in [0.2, 0.25) is 0 Å². The van der Waals surface area contributed by atoms with Crippen LogP contribution in [0.5, 0.6) is 0 Å². The van der Waals surface area contributed by atoms with Crippen molar-refractivity contribution in [3.63, 3.8) is 0 Å². The third-order valence-electron chi connectivity index (χ3n) is 3.41. The van der Waals surface area contributed by atoms with Crippen molar-refractivity contribution >= 4 is 21.8 Å². The third-order valence-corrected chi connectivity index (χ3v) is 6.32. The summed E-state index contributed by atoms with van der Waals surface area (Å²) in [6.07, 6.45) is 4.51. The lowest BCUT2D eigenvalue weighted by atomic mass is 10.0. The average Bonchev–Trinajstić information content (AvgIpc) is 2.80. The zero-order valence-corrected chi connectivity index (χ0v) is 11.8. The van der Waals surface area contributed by atoms with Gasteiger partial charge in [-0.3, -0.25) is 0 Å². The second kappa shape index (κ2) is 6.41. The predicted octanol–water partition coefficient (Wildman–Crippen LogP) is 0.801. The molecule has 2 aliphatic heterocycles. The first-order valence-electron chi connectivity index (χ1n) is 6.45. The zero-order chi connectivity index (χ0) is 12.1. The molecule has 0 aromatic carbocycles. The van der Waals surface area contributed by atoms with Crippen LogP contribution in [0.3, 0.4) is 0 Å². The van der Waals surface area contributed by atoms with Crippen molar-refractivity contribution in [1.29, 1.82) is 0 Å². The normalized spacial score (nSPS) is 30.6. The maximum absolute atomic E-state index is 11.9. The fourth-order valence-electron chi connectivity index (χ4n) is 2.46. The Balaban J connectivity index is 1.73. The van der Waals surface area contributed by atoms with E-state index in [2.05, 4.69) is 10.0 Å². The minimum atomic E-state index is -3.07. The summed E-state index contributed by atoms with van der Waals surface area (Å²) in [5, 5.41) is 3.75. The van der Waals surface area contributed by atoms with Crippen LogP contribution in [0.4, 0.5) is 0 Å². The molecule has 0 aromatic rings. The van der Waals surface area contributed by atoms with Gasteiger partial charge in [0, 0.05) is 11.8 Å². The summed E-state index contributed by atoms with van der Waals surface area (Å²) in [6.45, 7) is 2.49. The molecule has 0 amide bonds. The van der Waals surface area contributed by atoms with Crippen LogP contribution in [-0.2, 0) is 10.0 Å². The quantitative estimate of drug-likeness (QED) is 0.781. The van der Waals surface area contributed by atoms with Gasteiger partial charge in [-0.15, -0.1) is 0 Å². The molecule has 6 heteroatoms. The molecule has 0 saturated carbocycles. The van der Waals surface area contributed by atoms with Gasteiger partial charge in [0.25, 0.3) is 0 Å². The van der Waals surface area contributed by atoms with Gasteiger partial charge in [0.2, 0.25) is 10.0 Å². The van der Waals surface area contributed by atoms with Crippen molar-refractivity contribution in [3.8, 4) is 0 Å². The number of rotatable bonds is 5. The van der Waals surface area contributed by atoms with E-state index in [0.717, 1.165) is 32.4 Å². The van der Waals surface area contributed by atoms with Crippen LogP contribution >= 0.6 is 11.8 Å². The SMILES string of the molecule is O=S(=O)(CC1CCCNC1)NCC1CCCS1. The van der Waals surface area contributed by atoms with Crippen molar-refractivity contribution in [2.45, 2.75) is 30.9 Å². The topological polar surface area (TPSA) is 58.2 Å². The maximum Gasteiger partial charge on any atom is 0.211 e. The molecule has 0 aromatic heterocycles. The Morgan fingerprint density at radius 1 is 1.29 bits per heavy atom. The molecule has 2 rings (SSSR count). The summed E-state index contributed by atoms with van der Waals surface area (Å²) in [6, 6.07) is 0. The highest BCUT2D eigenvalue weighted by atomic mass is 32.2. The van der Waals surface area contributed by atoms with E-state index >= 15 is 0 Å². The highest BCUT2D eigenvalue weighted by molar-refractivity contribution is 8.00. The van der Waals surface area contributed by atoms with Gasteiger partial charge in [0.15, 0.2) is 0 Å². The van der Waals surface area contributed by atoms with E-state index in [1.807, 2.05) is 11.8 Å². The van der Waals surface area contributed by atoms with Crippen molar-refractivity contribution < 1.29 is 8.42 Å². The molecule has 2 fully saturated rings. The summed E-state index contributed by atoms with van der Waals surface area (Å²) >= 11 is 1.89. The fourth-order valence-corrected chi connectivity index (χ4v) is 5.25. The Hall–Kier alpha value is 0.220. The first-order chi connectivity index (χ1) is 8.16. The lowest BCUT2D eigenvalue weighted by Gasteiger charge is -2.22. The average molecular weight is 278 g/mol. The van der Waals surface area contributed by atoms with Crippen LogP contribution in [0, 0.1) is 5.92 Å². The molecule has 0 spiro atoms.